The maximum Gasteiger partial charge on any atom is 0.245 e. The SMILES string of the molecule is CC(C)C1NC(=O)CCN(Cc2cc(F)cc(F)c2)C1=O. The van der Waals surface area contributed by atoms with Gasteiger partial charge in [0, 0.05) is 25.6 Å². The van der Waals surface area contributed by atoms with Crippen LogP contribution in [0.25, 0.3) is 0 Å². The number of hydrogen-bond donors (Lipinski definition) is 1. The van der Waals surface area contributed by atoms with E-state index in [9.17, 15) is 18.4 Å². The molecule has 2 rings (SSSR count). The molecule has 0 aromatic heterocycles. The minimum absolute atomic E-state index is 0.0497. The largest absolute Gasteiger partial charge is 0.344 e. The summed E-state index contributed by atoms with van der Waals surface area (Å²) in [5.41, 5.74) is 0.373. The van der Waals surface area contributed by atoms with Gasteiger partial charge in [0.05, 0.1) is 0 Å². The third-order valence-corrected chi connectivity index (χ3v) is 3.47. The zero-order valence-electron chi connectivity index (χ0n) is 12.0. The van der Waals surface area contributed by atoms with Crippen LogP contribution in [0, 0.1) is 17.6 Å². The van der Waals surface area contributed by atoms with Crippen molar-refractivity contribution in [3.63, 3.8) is 0 Å². The molecule has 0 saturated carbocycles. The molecule has 0 spiro atoms. The Morgan fingerprint density at radius 2 is 1.86 bits per heavy atom. The quantitative estimate of drug-likeness (QED) is 0.925. The van der Waals surface area contributed by atoms with Gasteiger partial charge in [-0.25, -0.2) is 8.78 Å². The molecule has 1 atom stereocenters. The van der Waals surface area contributed by atoms with Crippen LogP contribution < -0.4 is 5.32 Å². The molecule has 1 aromatic rings. The molecule has 2 amide bonds. The van der Waals surface area contributed by atoms with Crippen molar-refractivity contribution in [1.29, 1.82) is 0 Å². The molecule has 114 valence electrons. The van der Waals surface area contributed by atoms with Crippen LogP contribution in [0.5, 0.6) is 0 Å². The summed E-state index contributed by atoms with van der Waals surface area (Å²) >= 11 is 0. The number of carbonyl (C=O) groups excluding carboxylic acids is 2. The van der Waals surface area contributed by atoms with Crippen LogP contribution in [-0.2, 0) is 16.1 Å². The van der Waals surface area contributed by atoms with Gasteiger partial charge in [-0.15, -0.1) is 0 Å². The van der Waals surface area contributed by atoms with E-state index in [2.05, 4.69) is 5.32 Å². The summed E-state index contributed by atoms with van der Waals surface area (Å²) < 4.78 is 26.4. The summed E-state index contributed by atoms with van der Waals surface area (Å²) in [5, 5.41) is 2.69. The maximum atomic E-state index is 13.2. The lowest BCUT2D eigenvalue weighted by molar-refractivity contribution is -0.135. The summed E-state index contributed by atoms with van der Waals surface area (Å²) in [6.45, 7) is 4.01. The Labute approximate surface area is 122 Å². The second-order valence-corrected chi connectivity index (χ2v) is 5.58. The molecule has 1 aliphatic heterocycles. The predicted octanol–water partition coefficient (Wildman–Crippen LogP) is 1.84. The molecular weight excluding hydrogens is 278 g/mol. The summed E-state index contributed by atoms with van der Waals surface area (Å²) in [6.07, 6.45) is 0.187. The van der Waals surface area contributed by atoms with Crippen LogP contribution in [0.3, 0.4) is 0 Å². The van der Waals surface area contributed by atoms with Gasteiger partial charge in [0.25, 0.3) is 0 Å². The monoisotopic (exact) mass is 296 g/mol. The van der Waals surface area contributed by atoms with Gasteiger partial charge < -0.3 is 10.2 Å². The average Bonchev–Trinajstić information content (AvgIpc) is 2.50. The van der Waals surface area contributed by atoms with E-state index in [1.807, 2.05) is 13.8 Å². The fraction of sp³-hybridized carbons (Fsp3) is 0.467. The first-order valence-corrected chi connectivity index (χ1v) is 6.90. The normalized spacial score (nSPS) is 19.7. The van der Waals surface area contributed by atoms with E-state index in [0.717, 1.165) is 6.07 Å². The van der Waals surface area contributed by atoms with Gasteiger partial charge in [-0.2, -0.15) is 0 Å². The van der Waals surface area contributed by atoms with E-state index in [-0.39, 0.29) is 37.2 Å². The Bertz CT molecular complexity index is 540. The Morgan fingerprint density at radius 1 is 1.24 bits per heavy atom. The molecular formula is C15H18F2N2O2. The van der Waals surface area contributed by atoms with Crippen LogP contribution in [0.2, 0.25) is 0 Å². The van der Waals surface area contributed by atoms with Gasteiger partial charge in [0.15, 0.2) is 0 Å². The van der Waals surface area contributed by atoms with Crippen LogP contribution >= 0.6 is 0 Å². The molecule has 0 radical (unpaired) electrons. The number of halogens is 2. The first-order valence-electron chi connectivity index (χ1n) is 6.90. The molecule has 1 unspecified atom stereocenters. The van der Waals surface area contributed by atoms with E-state index in [1.165, 1.54) is 17.0 Å². The maximum absolute atomic E-state index is 13.2. The van der Waals surface area contributed by atoms with Crippen molar-refractivity contribution in [2.24, 2.45) is 5.92 Å². The standard InChI is InChI=1S/C15H18F2N2O2/c1-9(2)14-15(21)19(4-3-13(20)18-14)8-10-5-11(16)7-12(17)6-10/h5-7,9,14H,3-4,8H2,1-2H3,(H,18,20). The lowest BCUT2D eigenvalue weighted by atomic mass is 10.0. The number of nitrogens with zero attached hydrogens (tertiary/aromatic N) is 1. The molecule has 0 aliphatic carbocycles. The Morgan fingerprint density at radius 3 is 2.43 bits per heavy atom. The third-order valence-electron chi connectivity index (χ3n) is 3.47. The van der Waals surface area contributed by atoms with Gasteiger partial charge >= 0.3 is 0 Å². The number of benzene rings is 1. The molecule has 1 heterocycles. The molecule has 1 fully saturated rings. The Balaban J connectivity index is 2.20. The minimum Gasteiger partial charge on any atom is -0.344 e. The average molecular weight is 296 g/mol. The molecule has 21 heavy (non-hydrogen) atoms. The summed E-state index contributed by atoms with van der Waals surface area (Å²) in [7, 11) is 0. The zero-order valence-corrected chi connectivity index (χ0v) is 12.0. The Hall–Kier alpha value is -1.98. The van der Waals surface area contributed by atoms with Gasteiger partial charge in [-0.3, -0.25) is 9.59 Å². The zero-order chi connectivity index (χ0) is 15.6. The van der Waals surface area contributed by atoms with Crippen molar-refractivity contribution in [3.05, 3.63) is 35.4 Å². The van der Waals surface area contributed by atoms with Crippen molar-refractivity contribution in [2.75, 3.05) is 6.54 Å². The van der Waals surface area contributed by atoms with Crippen molar-refractivity contribution < 1.29 is 18.4 Å². The molecule has 1 aliphatic rings. The first kappa shape index (κ1) is 15.4. The molecule has 1 N–H and O–H groups in total. The van der Waals surface area contributed by atoms with E-state index in [4.69, 9.17) is 0 Å². The summed E-state index contributed by atoms with van der Waals surface area (Å²) in [5.74, 6) is -1.81. The van der Waals surface area contributed by atoms with Crippen molar-refractivity contribution >= 4 is 11.8 Å². The van der Waals surface area contributed by atoms with E-state index >= 15 is 0 Å². The second-order valence-electron chi connectivity index (χ2n) is 5.58. The molecule has 6 heteroatoms. The van der Waals surface area contributed by atoms with Gasteiger partial charge in [0.1, 0.15) is 17.7 Å². The minimum atomic E-state index is -0.679. The van der Waals surface area contributed by atoms with Crippen LogP contribution in [-0.4, -0.2) is 29.3 Å². The predicted molar refractivity (Wildman–Crippen MR) is 73.2 cm³/mol. The van der Waals surface area contributed by atoms with Gasteiger partial charge in [-0.1, -0.05) is 13.8 Å². The number of hydrogen-bond acceptors (Lipinski definition) is 2. The van der Waals surface area contributed by atoms with Gasteiger partial charge in [0.2, 0.25) is 11.8 Å². The fourth-order valence-electron chi connectivity index (χ4n) is 2.38. The number of carbonyl (C=O) groups is 2. The number of nitrogens with one attached hydrogen (secondary N) is 1. The lowest BCUT2D eigenvalue weighted by Gasteiger charge is -2.26. The highest BCUT2D eigenvalue weighted by Gasteiger charge is 2.31. The van der Waals surface area contributed by atoms with E-state index in [0.29, 0.717) is 5.56 Å². The van der Waals surface area contributed by atoms with Crippen LogP contribution in [0.4, 0.5) is 8.78 Å². The second kappa shape index (κ2) is 6.20. The van der Waals surface area contributed by atoms with Crippen molar-refractivity contribution in [3.8, 4) is 0 Å². The highest BCUT2D eigenvalue weighted by molar-refractivity contribution is 5.90. The highest BCUT2D eigenvalue weighted by Crippen LogP contribution is 2.16. The molecule has 1 saturated heterocycles. The number of amides is 2. The topological polar surface area (TPSA) is 49.4 Å². The Kier molecular flexibility index (Phi) is 4.55. The smallest absolute Gasteiger partial charge is 0.245 e. The molecule has 4 nitrogen and oxygen atoms in total. The third kappa shape index (κ3) is 3.77. The lowest BCUT2D eigenvalue weighted by Crippen LogP contribution is -2.47. The van der Waals surface area contributed by atoms with Gasteiger partial charge in [-0.05, 0) is 23.6 Å². The molecule has 1 aromatic carbocycles. The molecule has 0 bridgehead atoms. The van der Waals surface area contributed by atoms with E-state index < -0.39 is 17.7 Å². The first-order chi connectivity index (χ1) is 9.86. The van der Waals surface area contributed by atoms with Crippen LogP contribution in [0.15, 0.2) is 18.2 Å². The summed E-state index contributed by atoms with van der Waals surface area (Å²) in [4.78, 5) is 25.5. The highest BCUT2D eigenvalue weighted by atomic mass is 19.1. The van der Waals surface area contributed by atoms with Crippen molar-refractivity contribution in [2.45, 2.75) is 32.9 Å². The van der Waals surface area contributed by atoms with Crippen molar-refractivity contribution in [1.82, 2.24) is 10.2 Å². The van der Waals surface area contributed by atoms with Crippen LogP contribution in [0.1, 0.15) is 25.8 Å². The summed E-state index contributed by atoms with van der Waals surface area (Å²) in [6, 6.07) is 2.58. The number of rotatable bonds is 3. The fourth-order valence-corrected chi connectivity index (χ4v) is 2.38. The van der Waals surface area contributed by atoms with E-state index in [1.54, 1.807) is 0 Å².